The first-order chi connectivity index (χ1) is 23.9. The average molecular weight is 722 g/mol. The molecule has 3 fully saturated rings. The van der Waals surface area contributed by atoms with Crippen molar-refractivity contribution < 1.29 is 37.0 Å². The zero-order chi connectivity index (χ0) is 35.1. The van der Waals surface area contributed by atoms with Crippen LogP contribution in [0.15, 0.2) is 76.6 Å². The summed E-state index contributed by atoms with van der Waals surface area (Å²) in [6.07, 6.45) is -4.01. The lowest BCUT2D eigenvalue weighted by atomic mass is 9.68. The average Bonchev–Trinajstić information content (AvgIpc) is 3.82. The van der Waals surface area contributed by atoms with Crippen molar-refractivity contribution in [2.45, 2.75) is 35.7 Å². The van der Waals surface area contributed by atoms with E-state index in [-0.39, 0.29) is 52.0 Å². The predicted octanol–water partition coefficient (Wildman–Crippen LogP) is 6.47. The Balaban J connectivity index is 1.09. The number of H-pyrrole nitrogens is 1. The highest BCUT2D eigenvalue weighted by molar-refractivity contribution is 8.00. The van der Waals surface area contributed by atoms with Crippen LogP contribution >= 0.6 is 23.1 Å². The van der Waals surface area contributed by atoms with E-state index in [1.165, 1.54) is 31.0 Å². The molecule has 4 aliphatic rings. The number of ether oxygens (including phenoxy) is 2. The van der Waals surface area contributed by atoms with Crippen LogP contribution in [0.25, 0.3) is 0 Å². The first kappa shape index (κ1) is 32.6. The molecular formula is C36H30F3N3O6S2. The maximum Gasteiger partial charge on any atom is 0.416 e. The van der Waals surface area contributed by atoms with E-state index in [9.17, 15) is 32.3 Å². The second-order valence-electron chi connectivity index (χ2n) is 13.1. The topological polar surface area (TPSA) is 118 Å². The second-order valence-corrected chi connectivity index (χ2v) is 15.3. The number of benzene rings is 3. The van der Waals surface area contributed by atoms with E-state index in [1.807, 2.05) is 37.3 Å². The minimum absolute atomic E-state index is 0.0767. The number of imide groups is 1. The van der Waals surface area contributed by atoms with Crippen LogP contribution in [0, 0.1) is 36.5 Å². The summed E-state index contributed by atoms with van der Waals surface area (Å²) >= 11 is 2.62. The van der Waals surface area contributed by atoms with Crippen LogP contribution in [-0.2, 0) is 20.6 Å². The van der Waals surface area contributed by atoms with Gasteiger partial charge in [-0.2, -0.15) is 13.2 Å². The molecule has 0 radical (unpaired) electrons. The molecule has 50 heavy (non-hydrogen) atoms. The highest BCUT2D eigenvalue weighted by atomic mass is 32.2. The summed E-state index contributed by atoms with van der Waals surface area (Å²) in [4.78, 5) is 57.7. The number of nitrogens with zero attached hydrogens (tertiary/aromatic N) is 1. The zero-order valence-electron chi connectivity index (χ0n) is 26.7. The number of aromatic amines is 1. The van der Waals surface area contributed by atoms with Gasteiger partial charge in [0.2, 0.25) is 11.8 Å². The molecule has 3 heterocycles. The largest absolute Gasteiger partial charge is 0.493 e. The number of halogens is 3. The molecule has 7 atom stereocenters. The number of carbonyl (C=O) groups is 3. The highest BCUT2D eigenvalue weighted by Crippen LogP contribution is 2.69. The van der Waals surface area contributed by atoms with Gasteiger partial charge < -0.3 is 19.8 Å². The van der Waals surface area contributed by atoms with E-state index in [4.69, 9.17) is 9.47 Å². The molecule has 2 aliphatic carbocycles. The van der Waals surface area contributed by atoms with Gasteiger partial charge in [0.1, 0.15) is 0 Å². The van der Waals surface area contributed by atoms with Gasteiger partial charge in [-0.3, -0.25) is 24.1 Å². The fourth-order valence-electron chi connectivity index (χ4n) is 8.53. The Labute approximate surface area is 292 Å². The number of aromatic nitrogens is 1. The number of carbonyl (C=O) groups excluding carboxylic acids is 3. The van der Waals surface area contributed by atoms with Crippen molar-refractivity contribution in [3.05, 3.63) is 98.0 Å². The number of hydrogen-bond acceptors (Lipinski definition) is 8. The van der Waals surface area contributed by atoms with Crippen molar-refractivity contribution in [2.24, 2.45) is 29.6 Å². The number of nitrogens with one attached hydrogen (secondary N) is 2. The molecule has 4 aromatic rings. The maximum absolute atomic E-state index is 14.0. The third kappa shape index (κ3) is 5.31. The van der Waals surface area contributed by atoms with Crippen LogP contribution in [0.3, 0.4) is 0 Å². The van der Waals surface area contributed by atoms with Crippen molar-refractivity contribution in [2.75, 3.05) is 23.9 Å². The van der Waals surface area contributed by atoms with Gasteiger partial charge in [0, 0.05) is 21.7 Å². The Morgan fingerprint density at radius 1 is 0.980 bits per heavy atom. The molecule has 3 amide bonds. The molecule has 2 saturated carbocycles. The van der Waals surface area contributed by atoms with Gasteiger partial charge >= 0.3 is 11.0 Å². The van der Waals surface area contributed by atoms with Gasteiger partial charge in [0.15, 0.2) is 18.1 Å². The number of thioether (sulfide) groups is 1. The Bertz CT molecular complexity index is 2110. The summed E-state index contributed by atoms with van der Waals surface area (Å²) in [5.41, 5.74) is 1.47. The fraction of sp³-hybridized carbons (Fsp3) is 0.333. The van der Waals surface area contributed by atoms with Gasteiger partial charge in [-0.25, -0.2) is 0 Å². The molecule has 9 nitrogen and oxygen atoms in total. The van der Waals surface area contributed by atoms with Crippen molar-refractivity contribution in [3.8, 4) is 11.5 Å². The number of fused-ring (bicyclic) bond motifs is 9. The molecule has 1 aromatic heterocycles. The molecule has 258 valence electrons. The van der Waals surface area contributed by atoms with Crippen molar-refractivity contribution in [1.29, 1.82) is 0 Å². The smallest absolute Gasteiger partial charge is 0.416 e. The molecule has 2 bridgehead atoms. The van der Waals surface area contributed by atoms with Crippen LogP contribution in [-0.4, -0.2) is 41.7 Å². The van der Waals surface area contributed by atoms with Crippen LogP contribution in [0.4, 0.5) is 24.5 Å². The Morgan fingerprint density at radius 2 is 1.74 bits per heavy atom. The molecule has 1 saturated heterocycles. The van der Waals surface area contributed by atoms with Gasteiger partial charge in [0.05, 0.1) is 35.2 Å². The second kappa shape index (κ2) is 12.0. The standard InChI is InChI=1S/C36H30F3N3O6S2/c1-16-5-3-7-19(11-16)40-25(43)15-48-23-10-9-17(12-24(23)47-2)26-27-21-14-22(30(27)49-32-31(26)50-35(46)41-32)29-28(21)33(44)42(34(29)45)20-8-4-6-18(13-20)36(37,38)39/h3-13,21-22,26-30H,14-15H2,1-2H3,(H,40,43)(H,41,46)/t21-,22-,26+,27-,28+,29+,30-/m1/s1. The quantitative estimate of drug-likeness (QED) is 0.210. The zero-order valence-corrected chi connectivity index (χ0v) is 28.3. The summed E-state index contributed by atoms with van der Waals surface area (Å²) in [5, 5.41) is 3.41. The Morgan fingerprint density at radius 3 is 2.48 bits per heavy atom. The van der Waals surface area contributed by atoms with Gasteiger partial charge in [-0.1, -0.05) is 35.6 Å². The Kier molecular flexibility index (Phi) is 7.86. The van der Waals surface area contributed by atoms with Gasteiger partial charge in [-0.15, -0.1) is 11.8 Å². The number of hydrogen-bond donors (Lipinski definition) is 2. The summed E-state index contributed by atoms with van der Waals surface area (Å²) in [6, 6.07) is 17.2. The normalized spacial score (nSPS) is 26.4. The number of amides is 3. The van der Waals surface area contributed by atoms with Crippen molar-refractivity contribution >= 4 is 52.2 Å². The number of rotatable bonds is 7. The summed E-state index contributed by atoms with van der Waals surface area (Å²) in [6.45, 7) is 1.67. The molecule has 0 spiro atoms. The summed E-state index contributed by atoms with van der Waals surface area (Å²) < 4.78 is 52.2. The van der Waals surface area contributed by atoms with E-state index in [2.05, 4.69) is 10.3 Å². The monoisotopic (exact) mass is 721 g/mol. The van der Waals surface area contributed by atoms with E-state index in [0.29, 0.717) is 28.6 Å². The predicted molar refractivity (Wildman–Crippen MR) is 181 cm³/mol. The molecule has 3 aromatic carbocycles. The third-order valence-corrected chi connectivity index (χ3v) is 13.0. The molecular weight excluding hydrogens is 692 g/mol. The fourth-order valence-corrected chi connectivity index (χ4v) is 11.4. The highest BCUT2D eigenvalue weighted by Gasteiger charge is 2.69. The lowest BCUT2D eigenvalue weighted by molar-refractivity contribution is -0.137. The van der Waals surface area contributed by atoms with Crippen LogP contribution in [0.1, 0.15) is 33.9 Å². The van der Waals surface area contributed by atoms with E-state index >= 15 is 0 Å². The van der Waals surface area contributed by atoms with Crippen LogP contribution in [0.5, 0.6) is 11.5 Å². The van der Waals surface area contributed by atoms with Crippen LogP contribution < -0.4 is 24.6 Å². The summed E-state index contributed by atoms with van der Waals surface area (Å²) in [7, 11) is 1.49. The number of alkyl halides is 3. The number of anilines is 2. The van der Waals surface area contributed by atoms with E-state index < -0.39 is 35.4 Å². The van der Waals surface area contributed by atoms with Gasteiger partial charge in [0.25, 0.3) is 5.91 Å². The lowest BCUT2D eigenvalue weighted by Gasteiger charge is -2.43. The molecule has 2 aliphatic heterocycles. The Hall–Kier alpha value is -4.56. The first-order valence-corrected chi connectivity index (χ1v) is 17.7. The van der Waals surface area contributed by atoms with E-state index in [1.54, 1.807) is 12.1 Å². The minimum atomic E-state index is -4.63. The first-order valence-electron chi connectivity index (χ1n) is 16.0. The van der Waals surface area contributed by atoms with Crippen molar-refractivity contribution in [3.63, 3.8) is 0 Å². The third-order valence-electron chi connectivity index (χ3n) is 10.4. The molecule has 14 heteroatoms. The maximum atomic E-state index is 14.0. The molecule has 0 unspecified atom stereocenters. The molecule has 8 rings (SSSR count). The lowest BCUT2D eigenvalue weighted by Crippen LogP contribution is -2.42. The number of methoxy groups -OCH3 is 1. The minimum Gasteiger partial charge on any atom is -0.493 e. The van der Waals surface area contributed by atoms with Crippen molar-refractivity contribution in [1.82, 2.24) is 4.98 Å². The molecule has 2 N–H and O–H groups in total. The summed E-state index contributed by atoms with van der Waals surface area (Å²) in [5.74, 6) is -2.81. The van der Waals surface area contributed by atoms with Crippen LogP contribution in [0.2, 0.25) is 0 Å². The number of thiazole rings is 1. The van der Waals surface area contributed by atoms with Gasteiger partial charge in [-0.05, 0) is 84.7 Å². The number of aryl methyl sites for hydroxylation is 1. The SMILES string of the molecule is COc1cc([C@@H]2c3sc(=O)[nH]c3S[C@@H]3[C@@H]4C[C@@H]([C@@H]5C(=O)N(c6cccc(C(F)(F)F)c6)C(=O)[C@@H]45)[C@H]23)ccc1OCC(=O)Nc1cccc(C)c1. The van der Waals surface area contributed by atoms with E-state index in [0.717, 1.165) is 44.4 Å².